The molecule has 2 N–H and O–H groups in total. The van der Waals surface area contributed by atoms with Crippen LogP contribution in [0.5, 0.6) is 0 Å². The van der Waals surface area contributed by atoms with Gasteiger partial charge in [0, 0.05) is 30.3 Å². The Bertz CT molecular complexity index is 935. The Kier molecular flexibility index (Phi) is 8.23. The van der Waals surface area contributed by atoms with Crippen molar-refractivity contribution >= 4 is 18.1 Å². The highest BCUT2D eigenvalue weighted by molar-refractivity contribution is 5.77. The first-order valence-corrected chi connectivity index (χ1v) is 9.98. The molecule has 1 aromatic carbocycles. The van der Waals surface area contributed by atoms with Crippen LogP contribution in [0, 0.1) is 12.3 Å². The second-order valence-electron chi connectivity index (χ2n) is 8.18. The molecule has 0 fully saturated rings. The normalized spacial score (nSPS) is 14.1. The van der Waals surface area contributed by atoms with Gasteiger partial charge in [0.1, 0.15) is 0 Å². The summed E-state index contributed by atoms with van der Waals surface area (Å²) >= 11 is 0. The highest BCUT2D eigenvalue weighted by atomic mass is 16.1. The average Bonchev–Trinajstić information content (AvgIpc) is 3.12. The summed E-state index contributed by atoms with van der Waals surface area (Å²) in [7, 11) is 4.08. The molecule has 5 heteroatoms. The van der Waals surface area contributed by atoms with Gasteiger partial charge in [-0.3, -0.25) is 9.89 Å². The van der Waals surface area contributed by atoms with Crippen LogP contribution < -0.4 is 15.9 Å². The lowest BCUT2D eigenvalue weighted by atomic mass is 9.81. The van der Waals surface area contributed by atoms with E-state index in [4.69, 9.17) is 6.42 Å². The summed E-state index contributed by atoms with van der Waals surface area (Å²) in [6.07, 6.45) is 13.2. The maximum atomic E-state index is 12.6. The Labute approximate surface area is 173 Å². The summed E-state index contributed by atoms with van der Waals surface area (Å²) in [6, 6.07) is 10.4. The molecule has 0 unspecified atom stereocenters. The van der Waals surface area contributed by atoms with Gasteiger partial charge in [-0.15, -0.1) is 6.42 Å². The van der Waals surface area contributed by atoms with E-state index in [2.05, 4.69) is 58.4 Å². The van der Waals surface area contributed by atoms with Crippen molar-refractivity contribution in [1.82, 2.24) is 20.4 Å². The molecule has 5 nitrogen and oxygen atoms in total. The van der Waals surface area contributed by atoms with Gasteiger partial charge in [-0.05, 0) is 37.9 Å². The molecule has 2 aromatic rings. The van der Waals surface area contributed by atoms with Crippen LogP contribution in [0.2, 0.25) is 0 Å². The summed E-state index contributed by atoms with van der Waals surface area (Å²) in [5.41, 5.74) is 0.978. The lowest BCUT2D eigenvalue weighted by Crippen LogP contribution is -2.41. The van der Waals surface area contributed by atoms with Gasteiger partial charge in [0.2, 0.25) is 5.91 Å². The van der Waals surface area contributed by atoms with Crippen LogP contribution in [0.15, 0.2) is 36.5 Å². The Hall–Kier alpha value is -2.84. The lowest BCUT2D eigenvalue weighted by Gasteiger charge is -2.27. The molecule has 0 aliphatic carbocycles. The maximum Gasteiger partial charge on any atom is 0.220 e. The van der Waals surface area contributed by atoms with E-state index < -0.39 is 0 Å². The van der Waals surface area contributed by atoms with Gasteiger partial charge >= 0.3 is 0 Å². The van der Waals surface area contributed by atoms with E-state index in [1.807, 2.05) is 32.3 Å². The third-order valence-corrected chi connectivity index (χ3v) is 5.21. The molecule has 1 heterocycles. The third-order valence-electron chi connectivity index (χ3n) is 5.21. The SMILES string of the molecule is C#C/C=c1/[nH]nc/c1=C/CC[C@@H](CNC(=O)CC(C)(C)c1ccccc1)N(C)C. The van der Waals surface area contributed by atoms with E-state index in [0.717, 1.165) is 23.4 Å². The molecule has 1 aromatic heterocycles. The molecule has 0 radical (unpaired) electrons. The summed E-state index contributed by atoms with van der Waals surface area (Å²) in [5, 5.41) is 11.9. The molecule has 0 aliphatic rings. The van der Waals surface area contributed by atoms with Gasteiger partial charge in [-0.25, -0.2) is 0 Å². The van der Waals surface area contributed by atoms with Crippen molar-refractivity contribution in [2.24, 2.45) is 0 Å². The number of hydrogen-bond donors (Lipinski definition) is 2. The quantitative estimate of drug-likeness (QED) is 0.640. The van der Waals surface area contributed by atoms with Crippen molar-refractivity contribution in [2.75, 3.05) is 20.6 Å². The minimum atomic E-state index is -0.196. The highest BCUT2D eigenvalue weighted by Crippen LogP contribution is 2.26. The minimum Gasteiger partial charge on any atom is -0.355 e. The molecule has 0 saturated carbocycles. The van der Waals surface area contributed by atoms with Crippen LogP contribution >= 0.6 is 0 Å². The molecular formula is C24H32N4O. The predicted octanol–water partition coefficient (Wildman–Crippen LogP) is 1.80. The third kappa shape index (κ3) is 6.92. The second kappa shape index (κ2) is 10.6. The molecule has 29 heavy (non-hydrogen) atoms. The van der Waals surface area contributed by atoms with E-state index in [9.17, 15) is 4.79 Å². The van der Waals surface area contributed by atoms with Crippen molar-refractivity contribution in [2.45, 2.75) is 44.6 Å². The number of aromatic amines is 1. The minimum absolute atomic E-state index is 0.0791. The van der Waals surface area contributed by atoms with E-state index >= 15 is 0 Å². The standard InChI is InChI=1S/C24H32N4O/c1-6-11-22-19(17-26-27-22)12-10-15-21(28(4)5)18-25-23(29)16-24(2,3)20-13-8-7-9-14-20/h1,7-9,11-14,17,21,27H,10,15-16,18H2,2-5H3,(H,25,29)/b19-12-,22-11+/t21-/m0/s1. The molecule has 0 bridgehead atoms. The van der Waals surface area contributed by atoms with E-state index in [-0.39, 0.29) is 17.4 Å². The number of likely N-dealkylation sites (N-methyl/N-ethyl adjacent to an activating group) is 1. The number of rotatable bonds is 9. The van der Waals surface area contributed by atoms with Crippen LogP contribution in [0.3, 0.4) is 0 Å². The summed E-state index contributed by atoms with van der Waals surface area (Å²) in [4.78, 5) is 14.7. The number of hydrogen-bond acceptors (Lipinski definition) is 3. The molecule has 1 atom stereocenters. The van der Waals surface area contributed by atoms with Gasteiger partial charge in [-0.1, -0.05) is 56.2 Å². The Morgan fingerprint density at radius 2 is 2.07 bits per heavy atom. The molecule has 0 spiro atoms. The number of nitrogens with zero attached hydrogens (tertiary/aromatic N) is 2. The van der Waals surface area contributed by atoms with Gasteiger partial charge in [0.05, 0.1) is 11.5 Å². The molecule has 2 rings (SSSR count). The number of H-pyrrole nitrogens is 1. The number of benzene rings is 1. The van der Waals surface area contributed by atoms with Crippen molar-refractivity contribution in [3.8, 4) is 12.3 Å². The Morgan fingerprint density at radius 1 is 1.34 bits per heavy atom. The van der Waals surface area contributed by atoms with E-state index in [1.165, 1.54) is 5.56 Å². The fourth-order valence-electron chi connectivity index (χ4n) is 3.33. The zero-order chi connectivity index (χ0) is 21.3. The van der Waals surface area contributed by atoms with E-state index in [0.29, 0.717) is 13.0 Å². The zero-order valence-corrected chi connectivity index (χ0v) is 17.9. The van der Waals surface area contributed by atoms with Crippen LogP contribution in [0.25, 0.3) is 12.2 Å². The zero-order valence-electron chi connectivity index (χ0n) is 17.9. The first kappa shape index (κ1) is 22.4. The molecule has 0 saturated heterocycles. The molecular weight excluding hydrogens is 360 g/mol. The van der Waals surface area contributed by atoms with Gasteiger partial charge < -0.3 is 10.2 Å². The highest BCUT2D eigenvalue weighted by Gasteiger charge is 2.24. The topological polar surface area (TPSA) is 61.0 Å². The summed E-state index contributed by atoms with van der Waals surface area (Å²) < 4.78 is 0. The number of terminal acetylenes is 1. The summed E-state index contributed by atoms with van der Waals surface area (Å²) in [5.74, 6) is 2.60. The maximum absolute atomic E-state index is 12.6. The summed E-state index contributed by atoms with van der Waals surface area (Å²) in [6.45, 7) is 4.84. The van der Waals surface area contributed by atoms with Crippen LogP contribution in [0.4, 0.5) is 0 Å². The molecule has 1 amide bonds. The number of carbonyl (C=O) groups is 1. The van der Waals surface area contributed by atoms with Crippen molar-refractivity contribution in [1.29, 1.82) is 0 Å². The van der Waals surface area contributed by atoms with Gasteiger partial charge in [-0.2, -0.15) is 5.10 Å². The first-order chi connectivity index (χ1) is 13.8. The Morgan fingerprint density at radius 3 is 2.72 bits per heavy atom. The van der Waals surface area contributed by atoms with Gasteiger partial charge in [0.25, 0.3) is 0 Å². The van der Waals surface area contributed by atoms with Gasteiger partial charge in [0.15, 0.2) is 0 Å². The van der Waals surface area contributed by atoms with E-state index in [1.54, 1.807) is 12.3 Å². The van der Waals surface area contributed by atoms with Crippen LogP contribution in [-0.2, 0) is 10.2 Å². The van der Waals surface area contributed by atoms with Crippen LogP contribution in [-0.4, -0.2) is 47.7 Å². The average molecular weight is 393 g/mol. The first-order valence-electron chi connectivity index (χ1n) is 9.98. The van der Waals surface area contributed by atoms with Crippen molar-refractivity contribution in [3.63, 3.8) is 0 Å². The van der Waals surface area contributed by atoms with Crippen LogP contribution in [0.1, 0.15) is 38.7 Å². The van der Waals surface area contributed by atoms with Crippen molar-refractivity contribution in [3.05, 3.63) is 52.7 Å². The number of aromatic nitrogens is 2. The fraction of sp³-hybridized carbons (Fsp3) is 0.417. The fourth-order valence-corrected chi connectivity index (χ4v) is 3.33. The second-order valence-corrected chi connectivity index (χ2v) is 8.18. The number of amides is 1. The lowest BCUT2D eigenvalue weighted by molar-refractivity contribution is -0.122. The number of nitrogens with one attached hydrogen (secondary N) is 2. The monoisotopic (exact) mass is 392 g/mol. The molecule has 0 aliphatic heterocycles. The van der Waals surface area contributed by atoms with Crippen molar-refractivity contribution < 1.29 is 4.79 Å². The largest absolute Gasteiger partial charge is 0.355 e. The Balaban J connectivity index is 1.90. The predicted molar refractivity (Wildman–Crippen MR) is 119 cm³/mol. The smallest absolute Gasteiger partial charge is 0.220 e. The molecule has 154 valence electrons. The number of carbonyl (C=O) groups excluding carboxylic acids is 1.